The number of rotatable bonds is 4. The average Bonchev–Trinajstić information content (AvgIpc) is 2.28. The van der Waals surface area contributed by atoms with Crippen LogP contribution in [0.4, 0.5) is 0 Å². The van der Waals surface area contributed by atoms with Gasteiger partial charge in [0.15, 0.2) is 0 Å². The largest absolute Gasteiger partial charge is 0.341 e. The Morgan fingerprint density at radius 3 is 2.22 bits per heavy atom. The van der Waals surface area contributed by atoms with E-state index in [0.717, 1.165) is 11.1 Å². The molecule has 0 unspecified atom stereocenters. The molecule has 0 saturated heterocycles. The predicted octanol–water partition coefficient (Wildman–Crippen LogP) is 2.47. The average molecular weight is 271 g/mol. The number of nitrogens with zero attached hydrogens (tertiary/aromatic N) is 1. The molecule has 0 aliphatic rings. The van der Waals surface area contributed by atoms with E-state index in [-0.39, 0.29) is 23.7 Å². The van der Waals surface area contributed by atoms with Crippen LogP contribution in [0.2, 0.25) is 0 Å². The molecule has 0 aliphatic heterocycles. The first-order chi connectivity index (χ1) is 7.85. The molecule has 0 aliphatic carbocycles. The third kappa shape index (κ3) is 4.67. The summed E-state index contributed by atoms with van der Waals surface area (Å²) in [5.74, 6) is 0.0477. The molecule has 2 N–H and O–H groups in total. The monoisotopic (exact) mass is 270 g/mol. The highest BCUT2D eigenvalue weighted by molar-refractivity contribution is 5.94. The van der Waals surface area contributed by atoms with E-state index >= 15 is 0 Å². The van der Waals surface area contributed by atoms with Gasteiger partial charge < -0.3 is 10.6 Å². The number of halogens is 1. The smallest absolute Gasteiger partial charge is 0.253 e. The number of benzene rings is 1. The third-order valence-electron chi connectivity index (χ3n) is 2.86. The van der Waals surface area contributed by atoms with E-state index in [2.05, 4.69) is 13.8 Å². The molecule has 0 spiro atoms. The number of nitrogens with two attached hydrogens (primary N) is 1. The van der Waals surface area contributed by atoms with Gasteiger partial charge in [0.05, 0.1) is 0 Å². The Labute approximate surface area is 116 Å². The van der Waals surface area contributed by atoms with Gasteiger partial charge in [0.1, 0.15) is 0 Å². The number of aryl methyl sites for hydroxylation is 1. The second kappa shape index (κ2) is 6.76. The van der Waals surface area contributed by atoms with Crippen molar-refractivity contribution in [3.63, 3.8) is 0 Å². The summed E-state index contributed by atoms with van der Waals surface area (Å²) in [6.45, 7) is 7.36. The van der Waals surface area contributed by atoms with E-state index in [1.807, 2.05) is 38.2 Å². The summed E-state index contributed by atoms with van der Waals surface area (Å²) in [7, 11) is 1.82. The van der Waals surface area contributed by atoms with Crippen molar-refractivity contribution in [3.8, 4) is 0 Å². The highest BCUT2D eigenvalue weighted by Crippen LogP contribution is 2.15. The maximum Gasteiger partial charge on any atom is 0.253 e. The van der Waals surface area contributed by atoms with Crippen LogP contribution in [0.3, 0.4) is 0 Å². The fraction of sp³-hybridized carbons (Fsp3) is 0.500. The molecule has 102 valence electrons. The molecule has 0 saturated carbocycles. The fourth-order valence-corrected chi connectivity index (χ4v) is 1.69. The van der Waals surface area contributed by atoms with Crippen molar-refractivity contribution < 1.29 is 4.79 Å². The van der Waals surface area contributed by atoms with E-state index in [4.69, 9.17) is 5.73 Å². The minimum Gasteiger partial charge on any atom is -0.341 e. The molecule has 0 aromatic heterocycles. The van der Waals surface area contributed by atoms with E-state index in [0.29, 0.717) is 13.1 Å². The lowest BCUT2D eigenvalue weighted by Crippen LogP contribution is -2.39. The maximum atomic E-state index is 12.1. The Bertz CT molecular complexity index is 387. The van der Waals surface area contributed by atoms with Crippen LogP contribution < -0.4 is 5.73 Å². The molecule has 0 fully saturated rings. The van der Waals surface area contributed by atoms with Crippen LogP contribution in [-0.4, -0.2) is 30.9 Å². The van der Waals surface area contributed by atoms with Gasteiger partial charge in [-0.25, -0.2) is 0 Å². The lowest BCUT2D eigenvalue weighted by Gasteiger charge is -2.29. The van der Waals surface area contributed by atoms with Gasteiger partial charge in [-0.1, -0.05) is 31.5 Å². The van der Waals surface area contributed by atoms with Crippen LogP contribution in [0.15, 0.2) is 24.3 Å². The summed E-state index contributed by atoms with van der Waals surface area (Å²) in [5, 5.41) is 0. The first kappa shape index (κ1) is 16.9. The van der Waals surface area contributed by atoms with Crippen molar-refractivity contribution in [2.24, 2.45) is 11.1 Å². The Kier molecular flexibility index (Phi) is 6.36. The van der Waals surface area contributed by atoms with Crippen molar-refractivity contribution in [1.82, 2.24) is 4.90 Å². The van der Waals surface area contributed by atoms with Gasteiger partial charge in [-0.15, -0.1) is 12.4 Å². The number of carbonyl (C=O) groups excluding carboxylic acids is 1. The zero-order valence-corrected chi connectivity index (χ0v) is 12.4. The predicted molar refractivity (Wildman–Crippen MR) is 78.2 cm³/mol. The Morgan fingerprint density at radius 2 is 1.78 bits per heavy atom. The van der Waals surface area contributed by atoms with E-state index in [9.17, 15) is 4.79 Å². The van der Waals surface area contributed by atoms with E-state index in [1.165, 1.54) is 0 Å². The van der Waals surface area contributed by atoms with E-state index < -0.39 is 0 Å². The standard InChI is InChI=1S/C14H22N2O.ClH/c1-11-5-7-12(8-6-11)13(17)16(4)10-14(2,3)9-15;/h5-8H,9-10,15H2,1-4H3;1H. The number of amides is 1. The van der Waals surface area contributed by atoms with Crippen molar-refractivity contribution in [3.05, 3.63) is 35.4 Å². The first-order valence-corrected chi connectivity index (χ1v) is 5.88. The highest BCUT2D eigenvalue weighted by Gasteiger charge is 2.21. The van der Waals surface area contributed by atoms with Crippen molar-refractivity contribution in [2.45, 2.75) is 20.8 Å². The molecule has 1 amide bonds. The molecule has 18 heavy (non-hydrogen) atoms. The molecule has 0 atom stereocenters. The SMILES string of the molecule is Cc1ccc(C(=O)N(C)CC(C)(C)CN)cc1.Cl. The Balaban J connectivity index is 0.00000289. The lowest BCUT2D eigenvalue weighted by molar-refractivity contribution is 0.0740. The van der Waals surface area contributed by atoms with E-state index in [1.54, 1.807) is 4.90 Å². The lowest BCUT2D eigenvalue weighted by atomic mass is 9.93. The molecule has 4 heteroatoms. The topological polar surface area (TPSA) is 46.3 Å². The number of carbonyl (C=O) groups is 1. The minimum atomic E-state index is -0.0465. The summed E-state index contributed by atoms with van der Waals surface area (Å²) in [5.41, 5.74) is 7.52. The van der Waals surface area contributed by atoms with Crippen LogP contribution >= 0.6 is 12.4 Å². The summed E-state index contributed by atoms with van der Waals surface area (Å²) in [6, 6.07) is 7.64. The van der Waals surface area contributed by atoms with Crippen molar-refractivity contribution in [2.75, 3.05) is 20.1 Å². The molecular formula is C14H23ClN2O. The van der Waals surface area contributed by atoms with Gasteiger partial charge in [-0.2, -0.15) is 0 Å². The van der Waals surface area contributed by atoms with Gasteiger partial charge in [0.2, 0.25) is 0 Å². The molecule has 3 nitrogen and oxygen atoms in total. The van der Waals surface area contributed by atoms with Gasteiger partial charge in [0.25, 0.3) is 5.91 Å². The summed E-state index contributed by atoms with van der Waals surface area (Å²) < 4.78 is 0. The zero-order valence-electron chi connectivity index (χ0n) is 11.6. The molecule has 0 radical (unpaired) electrons. The van der Waals surface area contributed by atoms with Gasteiger partial charge in [0, 0.05) is 19.2 Å². The van der Waals surface area contributed by atoms with Crippen LogP contribution in [0, 0.1) is 12.3 Å². The van der Waals surface area contributed by atoms with Crippen LogP contribution in [0.1, 0.15) is 29.8 Å². The highest BCUT2D eigenvalue weighted by atomic mass is 35.5. The molecule has 1 aromatic rings. The molecule has 1 rings (SSSR count). The second-order valence-electron chi connectivity index (χ2n) is 5.40. The van der Waals surface area contributed by atoms with Crippen LogP contribution in [0.5, 0.6) is 0 Å². The van der Waals surface area contributed by atoms with Gasteiger partial charge >= 0.3 is 0 Å². The maximum absolute atomic E-state index is 12.1. The fourth-order valence-electron chi connectivity index (χ4n) is 1.69. The first-order valence-electron chi connectivity index (χ1n) is 5.88. The second-order valence-corrected chi connectivity index (χ2v) is 5.40. The number of hydrogen-bond acceptors (Lipinski definition) is 2. The quantitative estimate of drug-likeness (QED) is 0.914. The minimum absolute atomic E-state index is 0. The Morgan fingerprint density at radius 1 is 1.28 bits per heavy atom. The summed E-state index contributed by atoms with van der Waals surface area (Å²) >= 11 is 0. The van der Waals surface area contributed by atoms with Crippen molar-refractivity contribution >= 4 is 18.3 Å². The molecule has 0 heterocycles. The number of hydrogen-bond donors (Lipinski definition) is 1. The zero-order chi connectivity index (χ0) is 13.1. The van der Waals surface area contributed by atoms with Crippen LogP contribution in [0.25, 0.3) is 0 Å². The third-order valence-corrected chi connectivity index (χ3v) is 2.86. The van der Waals surface area contributed by atoms with Crippen LogP contribution in [-0.2, 0) is 0 Å². The molecule has 0 bridgehead atoms. The normalized spacial score (nSPS) is 10.7. The van der Waals surface area contributed by atoms with Crippen molar-refractivity contribution in [1.29, 1.82) is 0 Å². The molecular weight excluding hydrogens is 248 g/mol. The summed E-state index contributed by atoms with van der Waals surface area (Å²) in [4.78, 5) is 13.9. The van der Waals surface area contributed by atoms with Gasteiger partial charge in [-0.3, -0.25) is 4.79 Å². The Hall–Kier alpha value is -1.06. The molecule has 1 aromatic carbocycles. The summed E-state index contributed by atoms with van der Waals surface area (Å²) in [6.07, 6.45) is 0. The van der Waals surface area contributed by atoms with Gasteiger partial charge in [-0.05, 0) is 31.0 Å².